The van der Waals surface area contributed by atoms with Crippen LogP contribution in [0.15, 0.2) is 12.7 Å². The maximum atomic E-state index is 10.7. The molecule has 0 N–H and O–H groups in total. The van der Waals surface area contributed by atoms with E-state index in [4.69, 9.17) is 14.2 Å². The summed E-state index contributed by atoms with van der Waals surface area (Å²) in [6, 6.07) is 0. The van der Waals surface area contributed by atoms with Gasteiger partial charge in [0.2, 0.25) is 0 Å². The topological polar surface area (TPSA) is 44.8 Å². The third-order valence-corrected chi connectivity index (χ3v) is 1.15. The van der Waals surface area contributed by atoms with E-state index in [2.05, 4.69) is 6.58 Å². The molecule has 12 heavy (non-hydrogen) atoms. The molecule has 0 atom stereocenters. The van der Waals surface area contributed by atoms with E-state index >= 15 is 0 Å². The first kappa shape index (κ1) is 11.1. The van der Waals surface area contributed by atoms with Crippen LogP contribution in [-0.2, 0) is 19.0 Å². The van der Waals surface area contributed by atoms with Gasteiger partial charge in [0.25, 0.3) is 0 Å². The van der Waals surface area contributed by atoms with Crippen LogP contribution in [0, 0.1) is 0 Å². The van der Waals surface area contributed by atoms with Crippen molar-refractivity contribution in [1.29, 1.82) is 0 Å². The molecule has 0 saturated carbocycles. The van der Waals surface area contributed by atoms with Crippen molar-refractivity contribution in [2.45, 2.75) is 6.10 Å². The highest BCUT2D eigenvalue weighted by Gasteiger charge is 2.11. The number of ether oxygens (including phenoxy) is 3. The number of hydrogen-bond acceptors (Lipinski definition) is 4. The Bertz CT molecular complexity index is 138. The van der Waals surface area contributed by atoms with E-state index in [1.807, 2.05) is 0 Å². The number of rotatable bonds is 6. The molecular formula is C8H14O4. The van der Waals surface area contributed by atoms with Gasteiger partial charge >= 0.3 is 5.97 Å². The lowest BCUT2D eigenvalue weighted by Crippen LogP contribution is -2.26. The van der Waals surface area contributed by atoms with Gasteiger partial charge in [0.05, 0.1) is 13.2 Å². The Hall–Kier alpha value is -0.870. The fraction of sp³-hybridized carbons (Fsp3) is 0.625. The van der Waals surface area contributed by atoms with Gasteiger partial charge < -0.3 is 14.2 Å². The van der Waals surface area contributed by atoms with Crippen LogP contribution in [0.3, 0.4) is 0 Å². The lowest BCUT2D eigenvalue weighted by molar-refractivity contribution is -0.148. The van der Waals surface area contributed by atoms with Crippen molar-refractivity contribution >= 4 is 5.97 Å². The minimum absolute atomic E-state index is 0.327. The van der Waals surface area contributed by atoms with Gasteiger partial charge in [0, 0.05) is 20.3 Å². The van der Waals surface area contributed by atoms with Crippen LogP contribution in [-0.4, -0.2) is 39.5 Å². The van der Waals surface area contributed by atoms with E-state index in [1.165, 1.54) is 14.2 Å². The molecule has 0 saturated heterocycles. The molecule has 0 aromatic carbocycles. The highest BCUT2D eigenvalue weighted by atomic mass is 16.6. The number of esters is 1. The number of carbonyl (C=O) groups is 1. The van der Waals surface area contributed by atoms with Crippen molar-refractivity contribution in [1.82, 2.24) is 0 Å². The van der Waals surface area contributed by atoms with Gasteiger partial charge in [0.1, 0.15) is 6.10 Å². The normalized spacial score (nSPS) is 9.92. The monoisotopic (exact) mass is 174 g/mol. The Labute approximate surface area is 72.1 Å². The maximum Gasteiger partial charge on any atom is 0.330 e. The first-order chi connectivity index (χ1) is 5.74. The molecule has 0 radical (unpaired) electrons. The fourth-order valence-corrected chi connectivity index (χ4v) is 0.700. The molecule has 0 aliphatic rings. The summed E-state index contributed by atoms with van der Waals surface area (Å²) in [6.07, 6.45) is 0.753. The highest BCUT2D eigenvalue weighted by molar-refractivity contribution is 5.81. The molecule has 0 aromatic heterocycles. The minimum Gasteiger partial charge on any atom is -0.454 e. The van der Waals surface area contributed by atoms with Crippen LogP contribution in [0.25, 0.3) is 0 Å². The number of methoxy groups -OCH3 is 2. The van der Waals surface area contributed by atoms with E-state index in [0.29, 0.717) is 13.2 Å². The zero-order valence-corrected chi connectivity index (χ0v) is 7.41. The molecule has 0 aliphatic carbocycles. The molecule has 0 fully saturated rings. The Kier molecular flexibility index (Phi) is 6.32. The van der Waals surface area contributed by atoms with Gasteiger partial charge in [0.15, 0.2) is 0 Å². The van der Waals surface area contributed by atoms with Crippen LogP contribution in [0.1, 0.15) is 0 Å². The molecule has 70 valence electrons. The third-order valence-electron chi connectivity index (χ3n) is 1.15. The summed E-state index contributed by atoms with van der Waals surface area (Å²) < 4.78 is 14.5. The predicted octanol–water partition coefficient (Wildman–Crippen LogP) is 0.377. The molecule has 0 bridgehead atoms. The van der Waals surface area contributed by atoms with Crippen LogP contribution < -0.4 is 0 Å². The van der Waals surface area contributed by atoms with E-state index in [9.17, 15) is 4.79 Å². The summed E-state index contributed by atoms with van der Waals surface area (Å²) in [5, 5.41) is 0. The zero-order valence-electron chi connectivity index (χ0n) is 7.41. The van der Waals surface area contributed by atoms with Crippen LogP contribution in [0.2, 0.25) is 0 Å². The molecule has 0 heterocycles. The minimum atomic E-state index is -0.464. The smallest absolute Gasteiger partial charge is 0.330 e. The van der Waals surface area contributed by atoms with E-state index in [0.717, 1.165) is 6.08 Å². The van der Waals surface area contributed by atoms with Crippen molar-refractivity contribution in [3.8, 4) is 0 Å². The molecule has 4 heteroatoms. The molecule has 0 rings (SSSR count). The summed E-state index contributed by atoms with van der Waals surface area (Å²) in [6.45, 7) is 3.93. The Morgan fingerprint density at radius 3 is 2.25 bits per heavy atom. The Balaban J connectivity index is 3.76. The molecule has 0 aromatic rings. The Morgan fingerprint density at radius 1 is 1.42 bits per heavy atom. The lowest BCUT2D eigenvalue weighted by Gasteiger charge is -2.14. The molecule has 0 amide bonds. The average molecular weight is 174 g/mol. The highest BCUT2D eigenvalue weighted by Crippen LogP contribution is 1.94. The first-order valence-electron chi connectivity index (χ1n) is 3.55. The van der Waals surface area contributed by atoms with Gasteiger partial charge in [-0.3, -0.25) is 0 Å². The largest absolute Gasteiger partial charge is 0.454 e. The van der Waals surface area contributed by atoms with Gasteiger partial charge in [-0.25, -0.2) is 4.79 Å². The Morgan fingerprint density at radius 2 is 1.92 bits per heavy atom. The SMILES string of the molecule is C=CC(=O)OC(COC)COC. The lowest BCUT2D eigenvalue weighted by atomic mass is 10.4. The second-order valence-corrected chi connectivity index (χ2v) is 2.17. The second kappa shape index (κ2) is 6.82. The summed E-state index contributed by atoms with van der Waals surface area (Å²) in [4.78, 5) is 10.7. The van der Waals surface area contributed by atoms with Gasteiger partial charge in [-0.1, -0.05) is 6.58 Å². The summed E-state index contributed by atoms with van der Waals surface area (Å²) >= 11 is 0. The third kappa shape index (κ3) is 4.87. The van der Waals surface area contributed by atoms with Crippen LogP contribution in [0.5, 0.6) is 0 Å². The van der Waals surface area contributed by atoms with Gasteiger partial charge in [-0.05, 0) is 0 Å². The quantitative estimate of drug-likeness (QED) is 0.431. The average Bonchev–Trinajstić information content (AvgIpc) is 2.05. The molecule has 0 spiro atoms. The van der Waals surface area contributed by atoms with Crippen molar-refractivity contribution in [3.05, 3.63) is 12.7 Å². The van der Waals surface area contributed by atoms with Crippen LogP contribution in [0.4, 0.5) is 0 Å². The van der Waals surface area contributed by atoms with Crippen LogP contribution >= 0.6 is 0 Å². The second-order valence-electron chi connectivity index (χ2n) is 2.17. The van der Waals surface area contributed by atoms with Gasteiger partial charge in [-0.15, -0.1) is 0 Å². The summed E-state index contributed by atoms with van der Waals surface area (Å²) in [5.41, 5.74) is 0. The van der Waals surface area contributed by atoms with Crippen molar-refractivity contribution in [3.63, 3.8) is 0 Å². The van der Waals surface area contributed by atoms with E-state index in [-0.39, 0.29) is 6.10 Å². The van der Waals surface area contributed by atoms with E-state index < -0.39 is 5.97 Å². The van der Waals surface area contributed by atoms with Crippen molar-refractivity contribution in [2.24, 2.45) is 0 Å². The van der Waals surface area contributed by atoms with Crippen molar-refractivity contribution < 1.29 is 19.0 Å². The van der Waals surface area contributed by atoms with E-state index in [1.54, 1.807) is 0 Å². The number of hydrogen-bond donors (Lipinski definition) is 0. The summed E-state index contributed by atoms with van der Waals surface area (Å²) in [7, 11) is 3.06. The maximum absolute atomic E-state index is 10.7. The fourth-order valence-electron chi connectivity index (χ4n) is 0.700. The number of carbonyl (C=O) groups excluding carboxylic acids is 1. The zero-order chi connectivity index (χ0) is 9.40. The molecular weight excluding hydrogens is 160 g/mol. The molecule has 4 nitrogen and oxygen atoms in total. The van der Waals surface area contributed by atoms with Crippen molar-refractivity contribution in [2.75, 3.05) is 27.4 Å². The molecule has 0 unspecified atom stereocenters. The standard InChI is InChI=1S/C8H14O4/c1-4-8(9)12-7(5-10-2)6-11-3/h4,7H,1,5-6H2,2-3H3. The summed E-state index contributed by atoms with van der Waals surface area (Å²) in [5.74, 6) is -0.464. The van der Waals surface area contributed by atoms with Gasteiger partial charge in [-0.2, -0.15) is 0 Å². The first-order valence-corrected chi connectivity index (χ1v) is 3.55. The molecule has 0 aliphatic heterocycles. The predicted molar refractivity (Wildman–Crippen MR) is 43.8 cm³/mol.